The lowest BCUT2D eigenvalue weighted by atomic mass is 9.57. The second-order valence-corrected chi connectivity index (χ2v) is 6.58. The topological polar surface area (TPSA) is 30.5 Å². The van der Waals surface area contributed by atoms with Gasteiger partial charge in [-0.05, 0) is 48.8 Å². The third-order valence-corrected chi connectivity index (χ3v) is 5.52. The van der Waals surface area contributed by atoms with Gasteiger partial charge in [0, 0.05) is 12.6 Å². The maximum absolute atomic E-state index is 5.38. The fourth-order valence-electron chi connectivity index (χ4n) is 4.10. The fraction of sp³-hybridized carbons (Fsp3) is 0.667. The Hall–Kier alpha value is -1.22. The number of rotatable bonds is 5. The van der Waals surface area contributed by atoms with Gasteiger partial charge in [0.2, 0.25) is 0 Å². The number of hydrogen-bond acceptors (Lipinski definition) is 3. The summed E-state index contributed by atoms with van der Waals surface area (Å²) in [5.41, 5.74) is 1.89. The van der Waals surface area contributed by atoms with Crippen molar-refractivity contribution in [2.45, 2.75) is 57.5 Å². The summed E-state index contributed by atoms with van der Waals surface area (Å²) in [7, 11) is 3.37. The molecule has 0 saturated heterocycles. The minimum Gasteiger partial charge on any atom is -0.493 e. The summed E-state index contributed by atoms with van der Waals surface area (Å²) < 4.78 is 10.7. The van der Waals surface area contributed by atoms with Crippen molar-refractivity contribution in [3.05, 3.63) is 23.8 Å². The molecule has 1 aromatic rings. The summed E-state index contributed by atoms with van der Waals surface area (Å²) in [5.74, 6) is 1.62. The smallest absolute Gasteiger partial charge is 0.161 e. The van der Waals surface area contributed by atoms with E-state index in [9.17, 15) is 0 Å². The summed E-state index contributed by atoms with van der Waals surface area (Å²) in [4.78, 5) is 0. The quantitative estimate of drug-likeness (QED) is 0.891. The van der Waals surface area contributed by atoms with E-state index in [-0.39, 0.29) is 0 Å². The third kappa shape index (κ3) is 2.89. The van der Waals surface area contributed by atoms with Gasteiger partial charge < -0.3 is 14.8 Å². The van der Waals surface area contributed by atoms with Crippen molar-refractivity contribution >= 4 is 0 Å². The van der Waals surface area contributed by atoms with Crippen molar-refractivity contribution in [2.24, 2.45) is 5.41 Å². The van der Waals surface area contributed by atoms with Crippen LogP contribution in [-0.4, -0.2) is 20.3 Å². The van der Waals surface area contributed by atoms with E-state index in [1.54, 1.807) is 14.2 Å². The van der Waals surface area contributed by atoms with Crippen molar-refractivity contribution in [3.8, 4) is 11.5 Å². The number of ether oxygens (including phenoxy) is 2. The minimum absolute atomic E-state index is 0.620. The van der Waals surface area contributed by atoms with Crippen LogP contribution in [0.3, 0.4) is 0 Å². The highest BCUT2D eigenvalue weighted by atomic mass is 16.5. The molecule has 3 rings (SSSR count). The fourth-order valence-corrected chi connectivity index (χ4v) is 4.10. The first kappa shape index (κ1) is 14.7. The van der Waals surface area contributed by atoms with Crippen LogP contribution in [0.2, 0.25) is 0 Å². The summed E-state index contributed by atoms with van der Waals surface area (Å²) in [6.07, 6.45) is 9.91. The number of methoxy groups -OCH3 is 2. The van der Waals surface area contributed by atoms with E-state index < -0.39 is 0 Å². The molecule has 0 amide bonds. The Morgan fingerprint density at radius 2 is 1.81 bits per heavy atom. The largest absolute Gasteiger partial charge is 0.493 e. The van der Waals surface area contributed by atoms with Crippen LogP contribution >= 0.6 is 0 Å². The van der Waals surface area contributed by atoms with Crippen molar-refractivity contribution < 1.29 is 9.47 Å². The third-order valence-electron chi connectivity index (χ3n) is 5.52. The summed E-state index contributed by atoms with van der Waals surface area (Å²) in [5, 5.41) is 3.79. The average Bonchev–Trinajstić information content (AvgIpc) is 2.54. The molecule has 3 nitrogen and oxygen atoms in total. The van der Waals surface area contributed by atoms with Gasteiger partial charge in [-0.2, -0.15) is 0 Å². The Balaban J connectivity index is 1.60. The molecule has 116 valence electrons. The highest BCUT2D eigenvalue weighted by molar-refractivity contribution is 5.42. The molecule has 1 aromatic carbocycles. The number of nitrogens with one attached hydrogen (secondary N) is 1. The molecule has 2 fully saturated rings. The zero-order valence-electron chi connectivity index (χ0n) is 13.3. The second-order valence-electron chi connectivity index (χ2n) is 6.58. The van der Waals surface area contributed by atoms with Crippen LogP contribution in [0, 0.1) is 5.41 Å². The standard InChI is InChI=1S/C18H27NO2/c1-20-15-7-6-14(12-16(15)21-2)13-19-17-8-11-18(17)9-4-3-5-10-18/h6-7,12,17,19H,3-5,8-11,13H2,1-2H3. The Bertz CT molecular complexity index is 480. The van der Waals surface area contributed by atoms with Gasteiger partial charge >= 0.3 is 0 Å². The van der Waals surface area contributed by atoms with Gasteiger partial charge in [0.15, 0.2) is 11.5 Å². The van der Waals surface area contributed by atoms with Gasteiger partial charge in [-0.1, -0.05) is 25.3 Å². The van der Waals surface area contributed by atoms with E-state index in [4.69, 9.17) is 9.47 Å². The van der Waals surface area contributed by atoms with Crippen molar-refractivity contribution in [1.82, 2.24) is 5.32 Å². The van der Waals surface area contributed by atoms with Crippen molar-refractivity contribution in [1.29, 1.82) is 0 Å². The predicted octanol–water partition coefficient (Wildman–Crippen LogP) is 3.91. The Kier molecular flexibility index (Phi) is 4.39. The number of benzene rings is 1. The van der Waals surface area contributed by atoms with E-state index in [0.29, 0.717) is 11.5 Å². The average molecular weight is 289 g/mol. The van der Waals surface area contributed by atoms with Crippen LogP contribution in [0.1, 0.15) is 50.5 Å². The lowest BCUT2D eigenvalue weighted by Gasteiger charge is -2.52. The molecule has 2 saturated carbocycles. The molecule has 21 heavy (non-hydrogen) atoms. The SMILES string of the molecule is COc1ccc(CNC2CCC23CCCCC3)cc1OC. The molecule has 2 aliphatic rings. The highest BCUT2D eigenvalue weighted by Crippen LogP contribution is 2.51. The van der Waals surface area contributed by atoms with Crippen LogP contribution in [0.15, 0.2) is 18.2 Å². The van der Waals surface area contributed by atoms with E-state index in [1.165, 1.54) is 50.5 Å². The van der Waals surface area contributed by atoms with E-state index in [0.717, 1.165) is 18.0 Å². The van der Waals surface area contributed by atoms with Crippen LogP contribution in [0.4, 0.5) is 0 Å². The summed E-state index contributed by atoms with van der Waals surface area (Å²) >= 11 is 0. The summed E-state index contributed by atoms with van der Waals surface area (Å²) in [6.45, 7) is 0.923. The van der Waals surface area contributed by atoms with Gasteiger partial charge in [-0.3, -0.25) is 0 Å². The Morgan fingerprint density at radius 1 is 1.05 bits per heavy atom. The minimum atomic E-state index is 0.620. The monoisotopic (exact) mass is 289 g/mol. The first-order valence-corrected chi connectivity index (χ1v) is 8.22. The van der Waals surface area contributed by atoms with Crippen LogP contribution in [-0.2, 0) is 6.54 Å². The highest BCUT2D eigenvalue weighted by Gasteiger charge is 2.46. The van der Waals surface area contributed by atoms with Crippen LogP contribution < -0.4 is 14.8 Å². The summed E-state index contributed by atoms with van der Waals surface area (Å²) in [6, 6.07) is 6.91. The van der Waals surface area contributed by atoms with Gasteiger partial charge in [0.05, 0.1) is 14.2 Å². The molecular formula is C18H27NO2. The lowest BCUT2D eigenvalue weighted by Crippen LogP contribution is -2.53. The zero-order chi connectivity index (χ0) is 14.7. The number of hydrogen-bond donors (Lipinski definition) is 1. The molecule has 0 aromatic heterocycles. The van der Waals surface area contributed by atoms with Gasteiger partial charge in [-0.25, -0.2) is 0 Å². The van der Waals surface area contributed by atoms with E-state index >= 15 is 0 Å². The Morgan fingerprint density at radius 3 is 2.43 bits per heavy atom. The lowest BCUT2D eigenvalue weighted by molar-refractivity contribution is 0.0221. The molecule has 1 spiro atoms. The maximum atomic E-state index is 5.38. The molecule has 0 bridgehead atoms. The van der Waals surface area contributed by atoms with E-state index in [1.807, 2.05) is 6.07 Å². The zero-order valence-corrected chi connectivity index (χ0v) is 13.3. The first-order valence-electron chi connectivity index (χ1n) is 8.22. The Labute approximate surface area is 128 Å². The maximum Gasteiger partial charge on any atom is 0.161 e. The molecular weight excluding hydrogens is 262 g/mol. The van der Waals surface area contributed by atoms with Crippen LogP contribution in [0.5, 0.6) is 11.5 Å². The molecule has 1 unspecified atom stereocenters. The molecule has 0 heterocycles. The second kappa shape index (κ2) is 6.27. The molecule has 0 radical (unpaired) electrons. The molecule has 0 aliphatic heterocycles. The first-order chi connectivity index (χ1) is 10.3. The molecule has 2 aliphatic carbocycles. The normalized spacial score (nSPS) is 23.6. The molecule has 3 heteroatoms. The van der Waals surface area contributed by atoms with Gasteiger partial charge in [0.25, 0.3) is 0 Å². The predicted molar refractivity (Wildman–Crippen MR) is 84.9 cm³/mol. The van der Waals surface area contributed by atoms with Crippen molar-refractivity contribution in [3.63, 3.8) is 0 Å². The van der Waals surface area contributed by atoms with Gasteiger partial charge in [-0.15, -0.1) is 0 Å². The van der Waals surface area contributed by atoms with Crippen LogP contribution in [0.25, 0.3) is 0 Å². The van der Waals surface area contributed by atoms with E-state index in [2.05, 4.69) is 17.4 Å². The van der Waals surface area contributed by atoms with Gasteiger partial charge in [0.1, 0.15) is 0 Å². The van der Waals surface area contributed by atoms with Crippen molar-refractivity contribution in [2.75, 3.05) is 14.2 Å². The molecule has 1 atom stereocenters. The molecule has 1 N–H and O–H groups in total.